The molecule has 0 aliphatic heterocycles. The summed E-state index contributed by atoms with van der Waals surface area (Å²) < 4.78 is 16.2. The van der Waals surface area contributed by atoms with Crippen LogP contribution in [-0.4, -0.2) is 12.1 Å². The number of hydrogen-bond acceptors (Lipinski definition) is 5. The van der Waals surface area contributed by atoms with E-state index >= 15 is 0 Å². The minimum absolute atomic E-state index is 0.0489. The maximum Gasteiger partial charge on any atom is 0.347 e. The van der Waals surface area contributed by atoms with Crippen LogP contribution in [-0.2, 0) is 16.1 Å². The Morgan fingerprint density at radius 1 is 1.19 bits per heavy atom. The van der Waals surface area contributed by atoms with Crippen LogP contribution in [0.1, 0.15) is 23.6 Å². The molecule has 1 atom stereocenters. The van der Waals surface area contributed by atoms with Crippen LogP contribution < -0.4 is 10.4 Å². The predicted molar refractivity (Wildman–Crippen MR) is 103 cm³/mol. The molecular weight excluding hydrogens is 368 g/mol. The number of halogens is 1. The molecule has 0 amide bonds. The van der Waals surface area contributed by atoms with Crippen molar-refractivity contribution in [3.63, 3.8) is 0 Å². The molecule has 1 aromatic heterocycles. The molecule has 0 fully saturated rings. The number of hydrogen-bond donors (Lipinski definition) is 0. The second-order valence-electron chi connectivity index (χ2n) is 6.30. The smallest absolute Gasteiger partial charge is 0.347 e. The van der Waals surface area contributed by atoms with Crippen molar-refractivity contribution < 1.29 is 18.7 Å². The third-order valence-electron chi connectivity index (χ3n) is 4.33. The molecule has 0 saturated heterocycles. The zero-order valence-corrected chi connectivity index (χ0v) is 16.0. The highest BCUT2D eigenvalue weighted by molar-refractivity contribution is 6.30. The second-order valence-corrected chi connectivity index (χ2v) is 6.74. The molecule has 2 aromatic carbocycles. The van der Waals surface area contributed by atoms with E-state index in [0.717, 1.165) is 16.5 Å². The van der Waals surface area contributed by atoms with Crippen LogP contribution in [0, 0.1) is 13.8 Å². The SMILES string of the molecule is Cc1ccc2c(COC(=O)C(C)Oc3cccc(Cl)c3)cc(=O)oc2c1C. The number of rotatable bonds is 5. The first-order valence-corrected chi connectivity index (χ1v) is 8.85. The van der Waals surface area contributed by atoms with Gasteiger partial charge in [0.2, 0.25) is 0 Å². The molecule has 0 radical (unpaired) electrons. The zero-order valence-electron chi connectivity index (χ0n) is 15.2. The fourth-order valence-electron chi connectivity index (χ4n) is 2.70. The van der Waals surface area contributed by atoms with Gasteiger partial charge in [0.05, 0.1) is 0 Å². The standard InChI is InChI=1S/C21H19ClO5/c1-12-7-8-18-15(9-19(23)27-20(18)13(12)2)11-25-21(24)14(3)26-17-6-4-5-16(22)10-17/h4-10,14H,11H2,1-3H3. The quantitative estimate of drug-likeness (QED) is 0.474. The van der Waals surface area contributed by atoms with Crippen molar-refractivity contribution in [1.82, 2.24) is 0 Å². The molecule has 0 N–H and O–H groups in total. The minimum Gasteiger partial charge on any atom is -0.479 e. The lowest BCUT2D eigenvalue weighted by Gasteiger charge is -2.15. The summed E-state index contributed by atoms with van der Waals surface area (Å²) in [4.78, 5) is 24.1. The van der Waals surface area contributed by atoms with Gasteiger partial charge in [-0.05, 0) is 50.1 Å². The minimum atomic E-state index is -0.821. The number of benzene rings is 2. The van der Waals surface area contributed by atoms with Crippen molar-refractivity contribution in [3.8, 4) is 5.75 Å². The molecule has 27 heavy (non-hydrogen) atoms. The van der Waals surface area contributed by atoms with Crippen molar-refractivity contribution in [2.24, 2.45) is 0 Å². The van der Waals surface area contributed by atoms with Crippen LogP contribution in [0.5, 0.6) is 5.75 Å². The number of fused-ring (bicyclic) bond motifs is 1. The first kappa shape index (κ1) is 19.0. The van der Waals surface area contributed by atoms with Gasteiger partial charge in [-0.1, -0.05) is 29.8 Å². The van der Waals surface area contributed by atoms with Crippen LogP contribution >= 0.6 is 11.6 Å². The molecular formula is C21H19ClO5. The number of esters is 1. The Morgan fingerprint density at radius 3 is 2.70 bits per heavy atom. The Bertz CT molecular complexity index is 1050. The molecule has 0 bridgehead atoms. The van der Waals surface area contributed by atoms with Crippen LogP contribution in [0.2, 0.25) is 5.02 Å². The van der Waals surface area contributed by atoms with Crippen LogP contribution in [0.3, 0.4) is 0 Å². The normalized spacial score (nSPS) is 12.0. The fraction of sp³-hybridized carbons (Fsp3) is 0.238. The molecule has 3 aromatic rings. The third kappa shape index (κ3) is 4.31. The van der Waals surface area contributed by atoms with Gasteiger partial charge < -0.3 is 13.9 Å². The van der Waals surface area contributed by atoms with Gasteiger partial charge in [0.25, 0.3) is 0 Å². The second kappa shape index (κ2) is 7.84. The van der Waals surface area contributed by atoms with E-state index in [0.29, 0.717) is 21.9 Å². The Morgan fingerprint density at radius 2 is 1.96 bits per heavy atom. The largest absolute Gasteiger partial charge is 0.479 e. The van der Waals surface area contributed by atoms with E-state index in [2.05, 4.69) is 0 Å². The lowest BCUT2D eigenvalue weighted by molar-refractivity contribution is -0.152. The summed E-state index contributed by atoms with van der Waals surface area (Å²) >= 11 is 5.91. The summed E-state index contributed by atoms with van der Waals surface area (Å²) in [7, 11) is 0. The topological polar surface area (TPSA) is 65.7 Å². The molecule has 5 nitrogen and oxygen atoms in total. The molecule has 1 unspecified atom stereocenters. The number of aryl methyl sites for hydroxylation is 2. The molecule has 0 saturated carbocycles. The first-order valence-electron chi connectivity index (χ1n) is 8.47. The summed E-state index contributed by atoms with van der Waals surface area (Å²) in [6.45, 7) is 5.37. The van der Waals surface area contributed by atoms with Gasteiger partial charge in [-0.2, -0.15) is 0 Å². The van der Waals surface area contributed by atoms with Gasteiger partial charge in [-0.25, -0.2) is 9.59 Å². The summed E-state index contributed by atoms with van der Waals surface area (Å²) in [5.41, 5.74) is 2.52. The molecule has 0 spiro atoms. The Kier molecular flexibility index (Phi) is 5.51. The summed E-state index contributed by atoms with van der Waals surface area (Å²) in [6, 6.07) is 11.9. The maximum absolute atomic E-state index is 12.3. The van der Waals surface area contributed by atoms with Crippen LogP contribution in [0.15, 0.2) is 51.7 Å². The highest BCUT2D eigenvalue weighted by atomic mass is 35.5. The molecule has 0 aliphatic carbocycles. The van der Waals surface area contributed by atoms with Crippen LogP contribution in [0.4, 0.5) is 0 Å². The average Bonchev–Trinajstić information content (AvgIpc) is 2.62. The third-order valence-corrected chi connectivity index (χ3v) is 4.56. The molecule has 3 rings (SSSR count). The number of carbonyl (C=O) groups is 1. The van der Waals surface area contributed by atoms with E-state index in [1.165, 1.54) is 6.07 Å². The van der Waals surface area contributed by atoms with Gasteiger partial charge >= 0.3 is 11.6 Å². The van der Waals surface area contributed by atoms with Gasteiger partial charge in [0.1, 0.15) is 17.9 Å². The number of carbonyl (C=O) groups excluding carboxylic acids is 1. The van der Waals surface area contributed by atoms with E-state index < -0.39 is 17.7 Å². The van der Waals surface area contributed by atoms with Crippen molar-refractivity contribution in [1.29, 1.82) is 0 Å². The number of ether oxygens (including phenoxy) is 2. The Labute approximate surface area is 161 Å². The Hall–Kier alpha value is -2.79. The van der Waals surface area contributed by atoms with Crippen molar-refractivity contribution >= 4 is 28.5 Å². The van der Waals surface area contributed by atoms with E-state index in [9.17, 15) is 9.59 Å². The van der Waals surface area contributed by atoms with E-state index in [4.69, 9.17) is 25.5 Å². The van der Waals surface area contributed by atoms with Gasteiger partial charge in [0.15, 0.2) is 6.10 Å². The highest BCUT2D eigenvalue weighted by Gasteiger charge is 2.18. The monoisotopic (exact) mass is 386 g/mol. The molecule has 140 valence electrons. The van der Waals surface area contributed by atoms with Gasteiger partial charge in [-0.15, -0.1) is 0 Å². The highest BCUT2D eigenvalue weighted by Crippen LogP contribution is 2.24. The van der Waals surface area contributed by atoms with Crippen LogP contribution in [0.25, 0.3) is 11.0 Å². The summed E-state index contributed by atoms with van der Waals surface area (Å²) in [6.07, 6.45) is -0.821. The maximum atomic E-state index is 12.3. The average molecular weight is 387 g/mol. The van der Waals surface area contributed by atoms with E-state index in [1.54, 1.807) is 31.2 Å². The summed E-state index contributed by atoms with van der Waals surface area (Å²) in [5.74, 6) is -0.0657. The van der Waals surface area contributed by atoms with Gasteiger partial charge in [0, 0.05) is 22.0 Å². The lowest BCUT2D eigenvalue weighted by Crippen LogP contribution is -2.26. The Balaban J connectivity index is 1.75. The fourth-order valence-corrected chi connectivity index (χ4v) is 2.88. The van der Waals surface area contributed by atoms with Crippen molar-refractivity contribution in [2.45, 2.75) is 33.5 Å². The van der Waals surface area contributed by atoms with E-state index in [1.807, 2.05) is 26.0 Å². The zero-order chi connectivity index (χ0) is 19.6. The molecule has 0 aliphatic rings. The van der Waals surface area contributed by atoms with Crippen molar-refractivity contribution in [2.75, 3.05) is 0 Å². The predicted octanol–water partition coefficient (Wildman–Crippen LogP) is 4.57. The first-order chi connectivity index (χ1) is 12.8. The van der Waals surface area contributed by atoms with Crippen molar-refractivity contribution in [3.05, 3.63) is 74.6 Å². The molecule has 1 heterocycles. The van der Waals surface area contributed by atoms with E-state index in [-0.39, 0.29) is 6.61 Å². The lowest BCUT2D eigenvalue weighted by atomic mass is 10.0. The summed E-state index contributed by atoms with van der Waals surface area (Å²) in [5, 5.41) is 1.26. The molecule has 6 heteroatoms. The van der Waals surface area contributed by atoms with Gasteiger partial charge in [-0.3, -0.25) is 0 Å².